The summed E-state index contributed by atoms with van der Waals surface area (Å²) in [6.07, 6.45) is 0. The fourth-order valence-corrected chi connectivity index (χ4v) is 3.90. The Bertz CT molecular complexity index is 1060. The standard InChI is InChI=1S/C22H26N2O8S/c1-4-31-21(26)14-24(17-8-6-5-7-9-17)20(25)15-32-22(27)16(2)23-33(28,29)19-12-10-18(30-3)11-13-19/h5-13,16,23H,4,14-15H2,1-3H3. The molecule has 0 aliphatic carbocycles. The Morgan fingerprint density at radius 3 is 2.21 bits per heavy atom. The zero-order valence-corrected chi connectivity index (χ0v) is 19.3. The lowest BCUT2D eigenvalue weighted by Gasteiger charge is -2.22. The van der Waals surface area contributed by atoms with Crippen LogP contribution in [-0.4, -0.2) is 59.2 Å². The molecule has 1 N–H and O–H groups in total. The van der Waals surface area contributed by atoms with Crippen molar-refractivity contribution in [1.29, 1.82) is 0 Å². The number of carbonyl (C=O) groups is 3. The number of amides is 1. The van der Waals surface area contributed by atoms with Gasteiger partial charge in [0.05, 0.1) is 18.6 Å². The van der Waals surface area contributed by atoms with Crippen molar-refractivity contribution in [2.24, 2.45) is 0 Å². The quantitative estimate of drug-likeness (QED) is 0.481. The summed E-state index contributed by atoms with van der Waals surface area (Å²) in [7, 11) is -2.56. The fraction of sp³-hybridized carbons (Fsp3) is 0.318. The smallest absolute Gasteiger partial charge is 0.326 e. The number of hydrogen-bond donors (Lipinski definition) is 1. The summed E-state index contributed by atoms with van der Waals surface area (Å²) in [6.45, 7) is 2.02. The maximum atomic E-state index is 12.7. The van der Waals surface area contributed by atoms with Gasteiger partial charge in [0.25, 0.3) is 5.91 Å². The van der Waals surface area contributed by atoms with Gasteiger partial charge in [0.1, 0.15) is 18.3 Å². The third kappa shape index (κ3) is 7.58. The number of sulfonamides is 1. The molecule has 0 radical (unpaired) electrons. The lowest BCUT2D eigenvalue weighted by atomic mass is 10.3. The highest BCUT2D eigenvalue weighted by molar-refractivity contribution is 7.89. The molecule has 0 spiro atoms. The number of hydrogen-bond acceptors (Lipinski definition) is 8. The van der Waals surface area contributed by atoms with Crippen LogP contribution in [0, 0.1) is 0 Å². The molecule has 10 nitrogen and oxygen atoms in total. The van der Waals surface area contributed by atoms with Crippen LogP contribution in [0.2, 0.25) is 0 Å². The van der Waals surface area contributed by atoms with Gasteiger partial charge in [-0.15, -0.1) is 0 Å². The summed E-state index contributed by atoms with van der Waals surface area (Å²) >= 11 is 0. The summed E-state index contributed by atoms with van der Waals surface area (Å²) in [5.74, 6) is -1.77. The van der Waals surface area contributed by atoms with Crippen molar-refractivity contribution in [3.63, 3.8) is 0 Å². The van der Waals surface area contributed by atoms with Gasteiger partial charge >= 0.3 is 11.9 Å². The zero-order chi connectivity index (χ0) is 24.4. The summed E-state index contributed by atoms with van der Waals surface area (Å²) < 4.78 is 42.0. The van der Waals surface area contributed by atoms with Crippen LogP contribution in [0.3, 0.4) is 0 Å². The van der Waals surface area contributed by atoms with Crippen molar-refractivity contribution in [3.05, 3.63) is 54.6 Å². The predicted molar refractivity (Wildman–Crippen MR) is 119 cm³/mol. The van der Waals surface area contributed by atoms with Crippen molar-refractivity contribution in [2.45, 2.75) is 24.8 Å². The van der Waals surface area contributed by atoms with Crippen LogP contribution in [0.1, 0.15) is 13.8 Å². The van der Waals surface area contributed by atoms with Gasteiger partial charge in [0, 0.05) is 5.69 Å². The Balaban J connectivity index is 2.01. The van der Waals surface area contributed by atoms with Gasteiger partial charge in [-0.3, -0.25) is 19.3 Å². The monoisotopic (exact) mass is 478 g/mol. The molecule has 0 saturated heterocycles. The molecule has 0 heterocycles. The summed E-state index contributed by atoms with van der Waals surface area (Å²) in [4.78, 5) is 37.9. The molecule has 2 aromatic carbocycles. The van der Waals surface area contributed by atoms with E-state index in [1.807, 2.05) is 0 Å². The van der Waals surface area contributed by atoms with E-state index >= 15 is 0 Å². The molecule has 0 bridgehead atoms. The van der Waals surface area contributed by atoms with Crippen LogP contribution in [-0.2, 0) is 33.9 Å². The van der Waals surface area contributed by atoms with Crippen molar-refractivity contribution >= 4 is 33.6 Å². The molecular weight excluding hydrogens is 452 g/mol. The van der Waals surface area contributed by atoms with E-state index in [0.717, 1.165) is 4.90 Å². The van der Waals surface area contributed by atoms with E-state index < -0.39 is 40.5 Å². The van der Waals surface area contributed by atoms with Gasteiger partial charge in [0.15, 0.2) is 6.61 Å². The van der Waals surface area contributed by atoms with Crippen LogP contribution in [0.15, 0.2) is 59.5 Å². The maximum Gasteiger partial charge on any atom is 0.326 e. The van der Waals surface area contributed by atoms with Gasteiger partial charge in [-0.25, -0.2) is 8.42 Å². The van der Waals surface area contributed by atoms with Crippen molar-refractivity contribution in [1.82, 2.24) is 4.72 Å². The lowest BCUT2D eigenvalue weighted by Crippen LogP contribution is -2.42. The largest absolute Gasteiger partial charge is 0.497 e. The molecule has 1 unspecified atom stereocenters. The number of esters is 2. The highest BCUT2D eigenvalue weighted by Crippen LogP contribution is 2.16. The average molecular weight is 479 g/mol. The first-order valence-corrected chi connectivity index (χ1v) is 11.5. The molecule has 0 aliphatic rings. The normalized spacial score (nSPS) is 11.8. The van der Waals surface area contributed by atoms with Crippen molar-refractivity contribution in [2.75, 3.05) is 31.8 Å². The molecule has 0 aliphatic heterocycles. The number of nitrogens with one attached hydrogen (secondary N) is 1. The van der Waals surface area contributed by atoms with Gasteiger partial charge < -0.3 is 14.2 Å². The number of carbonyl (C=O) groups excluding carboxylic acids is 3. The number of ether oxygens (including phenoxy) is 3. The second kappa shape index (κ2) is 12.0. The van der Waals surface area contributed by atoms with E-state index in [1.165, 1.54) is 38.3 Å². The Labute approximate surface area is 192 Å². The van der Waals surface area contributed by atoms with E-state index in [2.05, 4.69) is 4.72 Å². The van der Waals surface area contributed by atoms with Gasteiger partial charge in [-0.2, -0.15) is 4.72 Å². The van der Waals surface area contributed by atoms with Crippen molar-refractivity contribution < 1.29 is 37.0 Å². The molecule has 178 valence electrons. The van der Waals surface area contributed by atoms with E-state index in [9.17, 15) is 22.8 Å². The maximum absolute atomic E-state index is 12.7. The summed E-state index contributed by atoms with van der Waals surface area (Å²) in [5.41, 5.74) is 0.417. The molecule has 0 aromatic heterocycles. The third-order valence-corrected chi connectivity index (χ3v) is 5.91. The van der Waals surface area contributed by atoms with Gasteiger partial charge in [-0.1, -0.05) is 18.2 Å². The zero-order valence-electron chi connectivity index (χ0n) is 18.5. The average Bonchev–Trinajstić information content (AvgIpc) is 2.81. The SMILES string of the molecule is CCOC(=O)CN(C(=O)COC(=O)C(C)NS(=O)(=O)c1ccc(OC)cc1)c1ccccc1. The molecule has 0 saturated carbocycles. The Kier molecular flexibility index (Phi) is 9.37. The van der Waals surface area contributed by atoms with Crippen LogP contribution in [0.4, 0.5) is 5.69 Å². The van der Waals surface area contributed by atoms with E-state index in [1.54, 1.807) is 37.3 Å². The first-order chi connectivity index (χ1) is 15.7. The second-order valence-corrected chi connectivity index (χ2v) is 8.46. The third-order valence-electron chi connectivity index (χ3n) is 4.35. The molecule has 2 rings (SSSR count). The van der Waals surface area contributed by atoms with Gasteiger partial charge in [-0.05, 0) is 50.2 Å². The topological polar surface area (TPSA) is 128 Å². The van der Waals surface area contributed by atoms with Crippen LogP contribution in [0.25, 0.3) is 0 Å². The van der Waals surface area contributed by atoms with Crippen LogP contribution >= 0.6 is 0 Å². The highest BCUT2D eigenvalue weighted by atomic mass is 32.2. The predicted octanol–water partition coefficient (Wildman–Crippen LogP) is 1.50. The Morgan fingerprint density at radius 2 is 1.64 bits per heavy atom. The number of benzene rings is 2. The minimum atomic E-state index is -4.01. The van der Waals surface area contributed by atoms with E-state index in [4.69, 9.17) is 14.2 Å². The van der Waals surface area contributed by atoms with E-state index in [0.29, 0.717) is 11.4 Å². The number of anilines is 1. The Hall–Kier alpha value is -3.44. The van der Waals surface area contributed by atoms with Gasteiger partial charge in [0.2, 0.25) is 10.0 Å². The first-order valence-electron chi connectivity index (χ1n) is 10.0. The van der Waals surface area contributed by atoms with Crippen LogP contribution < -0.4 is 14.4 Å². The first kappa shape index (κ1) is 25.8. The van der Waals surface area contributed by atoms with Crippen LogP contribution in [0.5, 0.6) is 5.75 Å². The summed E-state index contributed by atoms with van der Waals surface area (Å²) in [6, 6.07) is 12.7. The molecule has 33 heavy (non-hydrogen) atoms. The molecular formula is C22H26N2O8S. The minimum absolute atomic E-state index is 0.0660. The minimum Gasteiger partial charge on any atom is -0.497 e. The Morgan fingerprint density at radius 1 is 1.00 bits per heavy atom. The highest BCUT2D eigenvalue weighted by Gasteiger charge is 2.26. The molecule has 2 aromatic rings. The fourth-order valence-electron chi connectivity index (χ4n) is 2.71. The van der Waals surface area contributed by atoms with E-state index in [-0.39, 0.29) is 18.0 Å². The number of nitrogens with zero attached hydrogens (tertiary/aromatic N) is 1. The molecule has 1 atom stereocenters. The van der Waals surface area contributed by atoms with Crippen molar-refractivity contribution in [3.8, 4) is 5.75 Å². The number of para-hydroxylation sites is 1. The number of rotatable bonds is 11. The number of methoxy groups -OCH3 is 1. The second-order valence-electron chi connectivity index (χ2n) is 6.75. The molecule has 11 heteroatoms. The lowest BCUT2D eigenvalue weighted by molar-refractivity contribution is -0.149. The summed E-state index contributed by atoms with van der Waals surface area (Å²) in [5, 5.41) is 0. The molecule has 0 fully saturated rings. The molecule has 1 amide bonds.